The van der Waals surface area contributed by atoms with Gasteiger partial charge in [0.25, 0.3) is 0 Å². The van der Waals surface area contributed by atoms with Gasteiger partial charge in [-0.1, -0.05) is 0 Å². The van der Waals surface area contributed by atoms with E-state index in [4.69, 9.17) is 10.2 Å². The van der Waals surface area contributed by atoms with Crippen LogP contribution >= 0.6 is 0 Å². The molecule has 2 rings (SSSR count). The summed E-state index contributed by atoms with van der Waals surface area (Å²) in [6.07, 6.45) is 2.10. The largest absolute Gasteiger partial charge is 0.469 e. The smallest absolute Gasteiger partial charge is 0.151 e. The van der Waals surface area contributed by atoms with Crippen LogP contribution in [0.3, 0.4) is 0 Å². The molecule has 96 valence electrons. The molecule has 0 spiro atoms. The number of benzene rings is 1. The first-order chi connectivity index (χ1) is 8.56. The Morgan fingerprint density at radius 3 is 2.56 bits per heavy atom. The van der Waals surface area contributed by atoms with E-state index < -0.39 is 11.6 Å². The summed E-state index contributed by atoms with van der Waals surface area (Å²) in [4.78, 5) is 0. The van der Waals surface area contributed by atoms with Gasteiger partial charge < -0.3 is 15.5 Å². The Morgan fingerprint density at radius 2 is 2.00 bits per heavy atom. The molecule has 0 radical (unpaired) electrons. The average molecular weight is 252 g/mol. The van der Waals surface area contributed by atoms with Crippen LogP contribution in [0.5, 0.6) is 0 Å². The Hall–Kier alpha value is -2.04. The van der Waals surface area contributed by atoms with Crippen molar-refractivity contribution in [1.82, 2.24) is 0 Å². The van der Waals surface area contributed by atoms with Crippen molar-refractivity contribution in [3.63, 3.8) is 0 Å². The second-order valence-electron chi connectivity index (χ2n) is 4.19. The summed E-state index contributed by atoms with van der Waals surface area (Å²) in [6, 6.07) is 5.60. The molecular formula is C13H14F2N2O. The summed E-state index contributed by atoms with van der Waals surface area (Å²) in [7, 11) is 0. The van der Waals surface area contributed by atoms with Crippen molar-refractivity contribution in [2.45, 2.75) is 19.4 Å². The third kappa shape index (κ3) is 2.80. The van der Waals surface area contributed by atoms with E-state index in [1.54, 1.807) is 12.3 Å². The van der Waals surface area contributed by atoms with Crippen molar-refractivity contribution in [3.8, 4) is 0 Å². The molecule has 5 heteroatoms. The minimum atomic E-state index is -0.696. The molecule has 1 aromatic heterocycles. The van der Waals surface area contributed by atoms with E-state index >= 15 is 0 Å². The van der Waals surface area contributed by atoms with Crippen LogP contribution < -0.4 is 11.1 Å². The third-order valence-electron chi connectivity index (χ3n) is 2.54. The van der Waals surface area contributed by atoms with Crippen molar-refractivity contribution in [3.05, 3.63) is 47.9 Å². The van der Waals surface area contributed by atoms with Gasteiger partial charge in [0.1, 0.15) is 11.4 Å². The minimum absolute atomic E-state index is 0.0641. The van der Waals surface area contributed by atoms with Gasteiger partial charge in [0.15, 0.2) is 11.6 Å². The van der Waals surface area contributed by atoms with Crippen molar-refractivity contribution in [2.24, 2.45) is 0 Å². The van der Waals surface area contributed by atoms with Gasteiger partial charge in [-0.2, -0.15) is 0 Å². The standard InChI is InChI=1S/C13H14F2N2O/c1-8(5-10-3-2-4-18-10)17-13-11(14)6-9(16)7-12(13)15/h2-4,6-8,17H,5,16H2,1H3. The molecule has 3 N–H and O–H groups in total. The van der Waals surface area contributed by atoms with Gasteiger partial charge in [0, 0.05) is 18.2 Å². The Kier molecular flexibility index (Phi) is 3.50. The zero-order valence-electron chi connectivity index (χ0n) is 9.91. The van der Waals surface area contributed by atoms with E-state index in [0.717, 1.165) is 17.9 Å². The molecule has 1 atom stereocenters. The predicted molar refractivity (Wildman–Crippen MR) is 66.3 cm³/mol. The van der Waals surface area contributed by atoms with Crippen LogP contribution in [0, 0.1) is 11.6 Å². The molecule has 18 heavy (non-hydrogen) atoms. The van der Waals surface area contributed by atoms with Crippen LogP contribution in [-0.2, 0) is 6.42 Å². The highest BCUT2D eigenvalue weighted by atomic mass is 19.1. The van der Waals surface area contributed by atoms with Crippen LogP contribution in [0.15, 0.2) is 34.9 Å². The van der Waals surface area contributed by atoms with Gasteiger partial charge in [-0.25, -0.2) is 8.78 Å². The summed E-state index contributed by atoms with van der Waals surface area (Å²) in [6.45, 7) is 1.82. The lowest BCUT2D eigenvalue weighted by Gasteiger charge is -2.15. The first-order valence-electron chi connectivity index (χ1n) is 5.59. The van der Waals surface area contributed by atoms with Gasteiger partial charge in [-0.15, -0.1) is 0 Å². The Morgan fingerprint density at radius 1 is 1.33 bits per heavy atom. The minimum Gasteiger partial charge on any atom is -0.469 e. The lowest BCUT2D eigenvalue weighted by molar-refractivity contribution is 0.495. The fourth-order valence-corrected chi connectivity index (χ4v) is 1.76. The number of nitrogen functional groups attached to an aromatic ring is 1. The molecule has 0 fully saturated rings. The molecule has 0 aliphatic heterocycles. The van der Waals surface area contributed by atoms with Gasteiger partial charge in [0.2, 0.25) is 0 Å². The first-order valence-corrected chi connectivity index (χ1v) is 5.59. The average Bonchev–Trinajstić information content (AvgIpc) is 2.76. The summed E-state index contributed by atoms with van der Waals surface area (Å²) < 4.78 is 32.3. The molecule has 1 aromatic carbocycles. The number of hydrogen-bond acceptors (Lipinski definition) is 3. The number of furan rings is 1. The number of nitrogens with one attached hydrogen (secondary N) is 1. The SMILES string of the molecule is CC(Cc1ccco1)Nc1c(F)cc(N)cc1F. The monoisotopic (exact) mass is 252 g/mol. The quantitative estimate of drug-likeness (QED) is 0.822. The highest BCUT2D eigenvalue weighted by Crippen LogP contribution is 2.23. The zero-order chi connectivity index (χ0) is 13.1. The first kappa shape index (κ1) is 12.4. The highest BCUT2D eigenvalue weighted by Gasteiger charge is 2.13. The van der Waals surface area contributed by atoms with E-state index in [2.05, 4.69) is 5.32 Å². The number of hydrogen-bond donors (Lipinski definition) is 2. The summed E-state index contributed by atoms with van der Waals surface area (Å²) >= 11 is 0. The third-order valence-corrected chi connectivity index (χ3v) is 2.54. The maximum Gasteiger partial charge on any atom is 0.151 e. The molecule has 0 aliphatic rings. The van der Waals surface area contributed by atoms with Crippen LogP contribution in [-0.4, -0.2) is 6.04 Å². The fraction of sp³-hybridized carbons (Fsp3) is 0.231. The molecular weight excluding hydrogens is 238 g/mol. The molecule has 0 saturated heterocycles. The van der Waals surface area contributed by atoms with Crippen molar-refractivity contribution < 1.29 is 13.2 Å². The van der Waals surface area contributed by atoms with Crippen LogP contribution in [0.1, 0.15) is 12.7 Å². The molecule has 0 aliphatic carbocycles. The zero-order valence-corrected chi connectivity index (χ0v) is 9.91. The molecule has 1 unspecified atom stereocenters. The molecule has 0 amide bonds. The normalized spacial score (nSPS) is 12.4. The lowest BCUT2D eigenvalue weighted by Crippen LogP contribution is -2.19. The Labute approximate surface area is 104 Å². The van der Waals surface area contributed by atoms with Crippen LogP contribution in [0.4, 0.5) is 20.2 Å². The van der Waals surface area contributed by atoms with E-state index in [1.807, 2.05) is 13.0 Å². The number of halogens is 2. The maximum absolute atomic E-state index is 13.5. The van der Waals surface area contributed by atoms with E-state index in [0.29, 0.717) is 6.42 Å². The van der Waals surface area contributed by atoms with E-state index in [-0.39, 0.29) is 17.4 Å². The lowest BCUT2D eigenvalue weighted by atomic mass is 10.1. The molecule has 0 bridgehead atoms. The summed E-state index contributed by atoms with van der Waals surface area (Å²) in [5.41, 5.74) is 5.25. The van der Waals surface area contributed by atoms with Gasteiger partial charge in [-0.05, 0) is 31.2 Å². The van der Waals surface area contributed by atoms with Gasteiger partial charge in [-0.3, -0.25) is 0 Å². The van der Waals surface area contributed by atoms with E-state index in [9.17, 15) is 8.78 Å². The van der Waals surface area contributed by atoms with Gasteiger partial charge in [0.05, 0.1) is 6.26 Å². The van der Waals surface area contributed by atoms with Crippen molar-refractivity contribution in [1.29, 1.82) is 0 Å². The van der Waals surface area contributed by atoms with Crippen molar-refractivity contribution >= 4 is 11.4 Å². The summed E-state index contributed by atoms with van der Waals surface area (Å²) in [5, 5.41) is 2.78. The predicted octanol–water partition coefficient (Wildman–Crippen LogP) is 3.18. The molecule has 2 aromatic rings. The molecule has 3 nitrogen and oxygen atoms in total. The second-order valence-corrected chi connectivity index (χ2v) is 4.19. The highest BCUT2D eigenvalue weighted by molar-refractivity contribution is 5.54. The fourth-order valence-electron chi connectivity index (χ4n) is 1.76. The number of anilines is 2. The molecule has 0 saturated carbocycles. The number of nitrogens with two attached hydrogens (primary N) is 1. The van der Waals surface area contributed by atoms with Gasteiger partial charge >= 0.3 is 0 Å². The topological polar surface area (TPSA) is 51.2 Å². The van der Waals surface area contributed by atoms with E-state index in [1.165, 1.54) is 0 Å². The number of rotatable bonds is 4. The Balaban J connectivity index is 2.09. The van der Waals surface area contributed by atoms with Crippen LogP contribution in [0.25, 0.3) is 0 Å². The van der Waals surface area contributed by atoms with Crippen molar-refractivity contribution in [2.75, 3.05) is 11.1 Å². The summed E-state index contributed by atoms with van der Waals surface area (Å²) in [5.74, 6) is -0.635. The van der Waals surface area contributed by atoms with Crippen LogP contribution in [0.2, 0.25) is 0 Å². The Bertz CT molecular complexity index is 503. The molecule has 1 heterocycles. The second kappa shape index (κ2) is 5.08. The maximum atomic E-state index is 13.5.